The highest BCUT2D eigenvalue weighted by Gasteiger charge is 2.30. The highest BCUT2D eigenvalue weighted by molar-refractivity contribution is 5.68. The maximum Gasteiger partial charge on any atom is 0.408 e. The Labute approximate surface area is 147 Å². The fraction of sp³-hybridized carbons (Fsp3) is 0.500. The summed E-state index contributed by atoms with van der Waals surface area (Å²) in [5.41, 5.74) is -0.426. The monoisotopic (exact) mass is 347 g/mol. The third-order valence-corrected chi connectivity index (χ3v) is 3.38. The van der Waals surface area contributed by atoms with Crippen LogP contribution in [0.4, 0.5) is 4.79 Å². The number of hydrogen-bond acceptors (Lipinski definition) is 6. The van der Waals surface area contributed by atoms with Gasteiger partial charge >= 0.3 is 6.09 Å². The van der Waals surface area contributed by atoms with E-state index in [-0.39, 0.29) is 5.75 Å². The minimum absolute atomic E-state index is 0.228. The van der Waals surface area contributed by atoms with E-state index in [0.29, 0.717) is 24.6 Å². The van der Waals surface area contributed by atoms with Crippen molar-refractivity contribution in [2.24, 2.45) is 0 Å². The van der Waals surface area contributed by atoms with Crippen molar-refractivity contribution in [2.45, 2.75) is 58.6 Å². The Hall–Kier alpha value is -2.57. The summed E-state index contributed by atoms with van der Waals surface area (Å²) in [4.78, 5) is 16.3. The maximum atomic E-state index is 12.0. The smallest absolute Gasteiger partial charge is 0.408 e. The number of alkyl carbamates (subject to hydrolysis) is 1. The number of aromatic hydroxyl groups is 1. The largest absolute Gasteiger partial charge is 0.508 e. The van der Waals surface area contributed by atoms with Crippen LogP contribution in [-0.4, -0.2) is 26.9 Å². The number of ether oxygens (including phenoxy) is 1. The lowest BCUT2D eigenvalue weighted by Gasteiger charge is -2.26. The molecule has 2 N–H and O–H groups in total. The number of phenolic OH excluding ortho intramolecular Hbond substituents is 1. The van der Waals surface area contributed by atoms with E-state index in [9.17, 15) is 9.90 Å². The van der Waals surface area contributed by atoms with E-state index in [0.717, 1.165) is 5.56 Å². The van der Waals surface area contributed by atoms with Crippen LogP contribution in [-0.2, 0) is 23.1 Å². The normalized spacial score (nSPS) is 12.0. The van der Waals surface area contributed by atoms with E-state index in [2.05, 4.69) is 15.5 Å². The zero-order valence-electron chi connectivity index (χ0n) is 15.3. The van der Waals surface area contributed by atoms with Gasteiger partial charge in [0.1, 0.15) is 16.9 Å². The Morgan fingerprint density at radius 1 is 1.24 bits per heavy atom. The van der Waals surface area contributed by atoms with Crippen molar-refractivity contribution in [3.63, 3.8) is 0 Å². The Morgan fingerprint density at radius 2 is 1.96 bits per heavy atom. The number of aryl methyl sites for hydroxylation is 2. The molecule has 2 rings (SSSR count). The molecule has 1 aromatic carbocycles. The van der Waals surface area contributed by atoms with Crippen molar-refractivity contribution in [3.8, 4) is 5.75 Å². The second kappa shape index (κ2) is 7.13. The number of rotatable bonds is 5. The molecule has 1 amide bonds. The van der Waals surface area contributed by atoms with E-state index in [4.69, 9.17) is 9.26 Å². The average Bonchev–Trinajstić information content (AvgIpc) is 2.92. The number of phenols is 1. The summed E-state index contributed by atoms with van der Waals surface area (Å²) in [7, 11) is 0. The van der Waals surface area contributed by atoms with Crippen LogP contribution in [0.2, 0.25) is 0 Å². The van der Waals surface area contributed by atoms with Crippen LogP contribution in [0.1, 0.15) is 51.9 Å². The molecule has 0 radical (unpaired) electrons. The molecule has 0 atom stereocenters. The molecule has 25 heavy (non-hydrogen) atoms. The molecule has 0 bridgehead atoms. The first-order chi connectivity index (χ1) is 11.5. The topological polar surface area (TPSA) is 97.5 Å². The summed E-state index contributed by atoms with van der Waals surface area (Å²) in [5.74, 6) is 1.08. The van der Waals surface area contributed by atoms with Crippen molar-refractivity contribution in [1.82, 2.24) is 15.5 Å². The van der Waals surface area contributed by atoms with Crippen LogP contribution in [0.15, 0.2) is 28.8 Å². The number of nitrogens with one attached hydrogen (secondary N) is 1. The summed E-state index contributed by atoms with van der Waals surface area (Å²) in [5, 5.41) is 16.2. The number of aromatic nitrogens is 2. The molecule has 0 unspecified atom stereocenters. The summed E-state index contributed by atoms with van der Waals surface area (Å²) >= 11 is 0. The molecular weight excluding hydrogens is 322 g/mol. The van der Waals surface area contributed by atoms with Crippen LogP contribution in [0.25, 0.3) is 0 Å². The highest BCUT2D eigenvalue weighted by atomic mass is 16.6. The summed E-state index contributed by atoms with van der Waals surface area (Å²) < 4.78 is 10.5. The van der Waals surface area contributed by atoms with Crippen LogP contribution >= 0.6 is 0 Å². The van der Waals surface area contributed by atoms with E-state index in [1.807, 2.05) is 6.07 Å². The van der Waals surface area contributed by atoms with Crippen LogP contribution < -0.4 is 5.32 Å². The molecule has 0 fully saturated rings. The van der Waals surface area contributed by atoms with Crippen molar-refractivity contribution in [3.05, 3.63) is 41.5 Å². The Bertz CT molecular complexity index is 732. The number of benzene rings is 1. The van der Waals surface area contributed by atoms with Gasteiger partial charge in [0.05, 0.1) is 0 Å². The average molecular weight is 347 g/mol. The molecule has 0 saturated carbocycles. The molecule has 0 spiro atoms. The summed E-state index contributed by atoms with van der Waals surface area (Å²) in [6.07, 6.45) is 0.665. The number of nitrogens with zero attached hydrogens (tertiary/aromatic N) is 2. The van der Waals surface area contributed by atoms with Gasteiger partial charge in [-0.1, -0.05) is 17.3 Å². The minimum Gasteiger partial charge on any atom is -0.508 e. The third-order valence-electron chi connectivity index (χ3n) is 3.38. The van der Waals surface area contributed by atoms with Gasteiger partial charge in [0.2, 0.25) is 5.89 Å². The minimum atomic E-state index is -0.824. The van der Waals surface area contributed by atoms with E-state index >= 15 is 0 Å². The molecular formula is C18H25N3O4. The van der Waals surface area contributed by atoms with Crippen molar-refractivity contribution in [1.29, 1.82) is 0 Å². The van der Waals surface area contributed by atoms with Gasteiger partial charge in [-0.2, -0.15) is 4.98 Å². The zero-order valence-corrected chi connectivity index (χ0v) is 15.3. The summed E-state index contributed by atoms with van der Waals surface area (Å²) in [6.45, 7) is 8.95. The molecule has 136 valence electrons. The van der Waals surface area contributed by atoms with Gasteiger partial charge in [0, 0.05) is 6.42 Å². The Balaban J connectivity index is 1.98. The SMILES string of the molecule is CC(C)(C)OC(=O)NC(C)(C)c1noc(CCc2cccc(O)c2)n1. The van der Waals surface area contributed by atoms with Crippen LogP contribution in [0.5, 0.6) is 5.75 Å². The summed E-state index contributed by atoms with van der Waals surface area (Å²) in [6, 6.07) is 7.03. The lowest BCUT2D eigenvalue weighted by atomic mass is 10.1. The molecule has 1 heterocycles. The molecule has 7 heteroatoms. The van der Waals surface area contributed by atoms with Gasteiger partial charge in [0.25, 0.3) is 0 Å². The first kappa shape index (κ1) is 18.8. The first-order valence-corrected chi connectivity index (χ1v) is 8.17. The second-order valence-electron chi connectivity index (χ2n) is 7.43. The Kier molecular flexibility index (Phi) is 5.35. The lowest BCUT2D eigenvalue weighted by molar-refractivity contribution is 0.0465. The molecule has 1 aromatic heterocycles. The van der Waals surface area contributed by atoms with Gasteiger partial charge < -0.3 is 19.7 Å². The van der Waals surface area contributed by atoms with Gasteiger partial charge in [-0.05, 0) is 58.7 Å². The van der Waals surface area contributed by atoms with Gasteiger partial charge in [-0.25, -0.2) is 4.79 Å². The van der Waals surface area contributed by atoms with E-state index < -0.39 is 17.2 Å². The molecule has 0 aliphatic heterocycles. The fourth-order valence-corrected chi connectivity index (χ4v) is 2.19. The lowest BCUT2D eigenvalue weighted by Crippen LogP contribution is -2.44. The highest BCUT2D eigenvalue weighted by Crippen LogP contribution is 2.19. The molecule has 2 aromatic rings. The molecule has 0 aliphatic carbocycles. The van der Waals surface area contributed by atoms with E-state index in [1.165, 1.54) is 0 Å². The molecule has 0 saturated heterocycles. The number of hydrogen-bond donors (Lipinski definition) is 2. The van der Waals surface area contributed by atoms with E-state index in [1.54, 1.807) is 52.8 Å². The third kappa shape index (κ3) is 5.77. The molecule has 0 aliphatic rings. The maximum absolute atomic E-state index is 12.0. The van der Waals surface area contributed by atoms with Gasteiger partial charge in [0.15, 0.2) is 5.82 Å². The fourth-order valence-electron chi connectivity index (χ4n) is 2.19. The molecule has 7 nitrogen and oxygen atoms in total. The van der Waals surface area contributed by atoms with Gasteiger partial charge in [-0.15, -0.1) is 0 Å². The van der Waals surface area contributed by atoms with Gasteiger partial charge in [-0.3, -0.25) is 0 Å². The Morgan fingerprint density at radius 3 is 2.60 bits per heavy atom. The van der Waals surface area contributed by atoms with Crippen molar-refractivity contribution < 1.29 is 19.2 Å². The second-order valence-corrected chi connectivity index (χ2v) is 7.43. The standard InChI is InChI=1S/C18H25N3O4/c1-17(2,3)24-16(23)20-18(4,5)15-19-14(25-21-15)10-9-12-7-6-8-13(22)11-12/h6-8,11,22H,9-10H2,1-5H3,(H,20,23). The van der Waals surface area contributed by atoms with Crippen LogP contribution in [0.3, 0.4) is 0 Å². The zero-order chi connectivity index (χ0) is 18.7. The predicted octanol–water partition coefficient (Wildman–Crippen LogP) is 3.32. The number of carbonyl (C=O) groups excluding carboxylic acids is 1. The number of amides is 1. The quantitative estimate of drug-likeness (QED) is 0.861. The predicted molar refractivity (Wildman–Crippen MR) is 92.2 cm³/mol. The number of carbonyl (C=O) groups is 1. The van der Waals surface area contributed by atoms with Crippen molar-refractivity contribution >= 4 is 6.09 Å². The van der Waals surface area contributed by atoms with Crippen molar-refractivity contribution in [2.75, 3.05) is 0 Å². The first-order valence-electron chi connectivity index (χ1n) is 8.17. The van der Waals surface area contributed by atoms with Crippen LogP contribution in [0, 0.1) is 0 Å².